The average molecular weight is 758 g/mol. The number of anilines is 1. The highest BCUT2D eigenvalue weighted by Crippen LogP contribution is 2.42. The van der Waals surface area contributed by atoms with E-state index in [1.165, 1.54) is 22.8 Å². The molecule has 4 heterocycles. The molecule has 2 aromatic heterocycles. The van der Waals surface area contributed by atoms with E-state index in [2.05, 4.69) is 57.1 Å². The molecule has 1 unspecified atom stereocenters. The second-order valence-corrected chi connectivity index (χ2v) is 17.9. The molecule has 14 heteroatoms. The Morgan fingerprint density at radius 1 is 1.12 bits per heavy atom. The highest BCUT2D eigenvalue weighted by molar-refractivity contribution is 7.89. The fraction of sp³-hybridized carbons (Fsp3) is 0.605. The summed E-state index contributed by atoms with van der Waals surface area (Å²) in [4.78, 5) is 13.7. The summed E-state index contributed by atoms with van der Waals surface area (Å²) >= 11 is 0.724. The van der Waals surface area contributed by atoms with Crippen molar-refractivity contribution in [3.05, 3.63) is 56.7 Å². The van der Waals surface area contributed by atoms with Crippen molar-refractivity contribution in [3.63, 3.8) is 0 Å². The van der Waals surface area contributed by atoms with E-state index in [-0.39, 0.29) is 23.8 Å². The van der Waals surface area contributed by atoms with Crippen molar-refractivity contribution in [2.45, 2.75) is 96.4 Å². The molecule has 0 amide bonds. The third kappa shape index (κ3) is 8.34. The number of alkyl halides is 3. The van der Waals surface area contributed by atoms with Gasteiger partial charge >= 0.3 is 6.18 Å². The maximum atomic E-state index is 13.5. The monoisotopic (exact) mass is 757 g/mol. The van der Waals surface area contributed by atoms with Crippen molar-refractivity contribution in [2.75, 3.05) is 50.3 Å². The Hall–Kier alpha value is -3.09. The molecule has 7 rings (SSSR count). The third-order valence-electron chi connectivity index (χ3n) is 11.2. The second kappa shape index (κ2) is 15.0. The van der Waals surface area contributed by atoms with Crippen LogP contribution >= 0.6 is 11.3 Å². The van der Waals surface area contributed by atoms with E-state index in [1.54, 1.807) is 4.31 Å². The van der Waals surface area contributed by atoms with Crippen LogP contribution in [0.25, 0.3) is 16.3 Å². The minimum Gasteiger partial charge on any atom is -0.367 e. The molecule has 2 aliphatic carbocycles. The van der Waals surface area contributed by atoms with E-state index in [9.17, 15) is 26.9 Å². The van der Waals surface area contributed by atoms with Crippen molar-refractivity contribution >= 4 is 43.5 Å². The molecule has 2 saturated heterocycles. The van der Waals surface area contributed by atoms with Crippen LogP contribution in [0.4, 0.5) is 19.0 Å². The van der Waals surface area contributed by atoms with Crippen LogP contribution < -0.4 is 5.32 Å². The molecular formula is C38H48F3N7O2S2. The zero-order chi connectivity index (χ0) is 38.6. The maximum Gasteiger partial charge on any atom is 0.393 e. The summed E-state index contributed by atoms with van der Waals surface area (Å²) < 4.78 is 83.3. The van der Waals surface area contributed by atoms with Gasteiger partial charge in [0, 0.05) is 83.4 Å². The van der Waals surface area contributed by atoms with Gasteiger partial charge in [0.1, 0.15) is 16.5 Å². The van der Waals surface area contributed by atoms with Gasteiger partial charge in [0.15, 0.2) is 0 Å². The smallest absolute Gasteiger partial charge is 0.367 e. The molecule has 280 valence electrons. The predicted octanol–water partition coefficient (Wildman–Crippen LogP) is 6.88. The lowest BCUT2D eigenvalue weighted by Crippen LogP contribution is -2.52. The number of nitrogens with zero attached hydrogens (tertiary/aromatic N) is 6. The predicted molar refractivity (Wildman–Crippen MR) is 200 cm³/mol. The van der Waals surface area contributed by atoms with Crippen molar-refractivity contribution in [1.29, 1.82) is 5.26 Å². The highest BCUT2D eigenvalue weighted by Gasteiger charge is 2.36. The Balaban J connectivity index is 0.967. The van der Waals surface area contributed by atoms with Crippen molar-refractivity contribution in [3.8, 4) is 6.07 Å². The van der Waals surface area contributed by atoms with E-state index in [4.69, 9.17) is 2.74 Å². The first kappa shape index (κ1) is 34.7. The molecular weight excluding hydrogens is 708 g/mol. The number of thiophene rings is 1. The fourth-order valence-corrected chi connectivity index (χ4v) is 10.8. The summed E-state index contributed by atoms with van der Waals surface area (Å²) in [6.07, 6.45) is -1.54. The molecule has 2 aliphatic heterocycles. The number of aryl methyl sites for hydroxylation is 1. The Morgan fingerprint density at radius 3 is 2.50 bits per heavy atom. The van der Waals surface area contributed by atoms with Crippen LogP contribution in [0.15, 0.2) is 23.8 Å². The summed E-state index contributed by atoms with van der Waals surface area (Å²) in [6, 6.07) is 8.31. The van der Waals surface area contributed by atoms with Crippen LogP contribution in [-0.2, 0) is 29.4 Å². The minimum absolute atomic E-state index is 0.000830. The van der Waals surface area contributed by atoms with Gasteiger partial charge in [-0.1, -0.05) is 19.1 Å². The van der Waals surface area contributed by atoms with Gasteiger partial charge < -0.3 is 5.32 Å². The van der Waals surface area contributed by atoms with Gasteiger partial charge in [-0.15, -0.1) is 11.3 Å². The van der Waals surface area contributed by atoms with Crippen LogP contribution in [-0.4, -0.2) is 95.8 Å². The summed E-state index contributed by atoms with van der Waals surface area (Å²) in [5.74, 6) is 1.56. The number of hydrogen-bond acceptors (Lipinski definition) is 9. The number of fused-ring (bicyclic) bond motifs is 2. The first-order valence-electron chi connectivity index (χ1n) is 19.4. The minimum atomic E-state index is -5.04. The largest absolute Gasteiger partial charge is 0.393 e. The number of allylic oxidation sites excluding steroid dienone is 1. The number of rotatable bonds is 12. The zero-order valence-electron chi connectivity index (χ0n) is 32.0. The zero-order valence-corrected chi connectivity index (χ0v) is 31.6. The molecule has 3 fully saturated rings. The molecule has 0 bridgehead atoms. The van der Waals surface area contributed by atoms with Crippen molar-refractivity contribution < 1.29 is 24.3 Å². The number of halogens is 3. The topological polar surface area (TPSA) is 105 Å². The number of sulfonamides is 1. The number of nitrogens with one attached hydrogen (secondary N) is 1. The number of hydrogen-bond donors (Lipinski definition) is 1. The molecule has 3 aromatic rings. The Bertz CT molecular complexity index is 2060. The summed E-state index contributed by atoms with van der Waals surface area (Å²) in [6.45, 7) is 11.0. The number of piperazine rings is 1. The van der Waals surface area contributed by atoms with Crippen molar-refractivity contribution in [2.24, 2.45) is 5.92 Å². The van der Waals surface area contributed by atoms with Crippen LogP contribution in [0.1, 0.15) is 87.6 Å². The fourth-order valence-electron chi connectivity index (χ4n) is 7.95. The highest BCUT2D eigenvalue weighted by atomic mass is 32.2. The van der Waals surface area contributed by atoms with Crippen LogP contribution in [0.2, 0.25) is 0 Å². The summed E-state index contributed by atoms with van der Waals surface area (Å²) in [7, 11) is -3.19. The van der Waals surface area contributed by atoms with Gasteiger partial charge in [-0.05, 0) is 86.3 Å². The standard InChI is InChI=1S/C38H48F3N7O2S2/c1-4-35-44-36(34-19-30(20-38(39,40)41)51-37(34)45-35)43-29-9-11-46(12-10-29)22-27-7-8-31-32(25(27)3)18-28(21-42)33(31)17-24(2)47-13-15-48(16-14-47)52(49,50)23-26-5-6-26/h7-8,18-19,24,26,29,33H,4-6,9-17,20,22-23H2,1-3H3,(H,43,44,45)/t24-,33?/m0/s1/i20D2. The third-order valence-corrected chi connectivity index (χ3v) is 14.2. The van der Waals surface area contributed by atoms with E-state index < -0.39 is 27.4 Å². The molecule has 4 aliphatic rings. The molecule has 2 atom stereocenters. The number of benzene rings is 1. The lowest BCUT2D eigenvalue weighted by molar-refractivity contribution is -0.126. The molecule has 1 N–H and O–H groups in total. The Labute approximate surface area is 311 Å². The lowest BCUT2D eigenvalue weighted by Gasteiger charge is -2.38. The van der Waals surface area contributed by atoms with Crippen LogP contribution in [0.3, 0.4) is 0 Å². The molecule has 1 aromatic carbocycles. The SMILES string of the molecule is [2H]C([2H])(c1cc2c(NC3CCN(Cc4ccc5c(c4C)C=C(C#N)C5C[C@H](C)N4CCN(S(=O)(=O)CC5CC5)CC4)CC3)nc(CC)nc2s1)C(F)(F)F. The van der Waals surface area contributed by atoms with E-state index in [1.807, 2.05) is 13.0 Å². The van der Waals surface area contributed by atoms with Crippen LogP contribution in [0, 0.1) is 24.2 Å². The maximum absolute atomic E-state index is 13.5. The van der Waals surface area contributed by atoms with Gasteiger partial charge in [0.25, 0.3) is 0 Å². The molecule has 1 saturated carbocycles. The van der Waals surface area contributed by atoms with Gasteiger partial charge in [-0.3, -0.25) is 9.80 Å². The number of piperidine rings is 1. The first-order chi connectivity index (χ1) is 25.6. The van der Waals surface area contributed by atoms with Gasteiger partial charge in [0.05, 0.1) is 23.6 Å². The van der Waals surface area contributed by atoms with E-state index in [0.717, 1.165) is 74.2 Å². The molecule has 9 nitrogen and oxygen atoms in total. The number of likely N-dealkylation sites (tertiary alicyclic amines) is 1. The average Bonchev–Trinajstić information content (AvgIpc) is 3.70. The van der Waals surface area contributed by atoms with Gasteiger partial charge in [0.2, 0.25) is 10.0 Å². The van der Waals surface area contributed by atoms with Gasteiger partial charge in [-0.2, -0.15) is 22.7 Å². The quantitative estimate of drug-likeness (QED) is 0.213. The lowest BCUT2D eigenvalue weighted by atomic mass is 9.87. The summed E-state index contributed by atoms with van der Waals surface area (Å²) in [5.41, 5.74) is 5.45. The Kier molecular flexibility index (Phi) is 9.98. The molecule has 0 spiro atoms. The van der Waals surface area contributed by atoms with Crippen molar-refractivity contribution in [1.82, 2.24) is 24.1 Å². The normalized spacial score (nSPS) is 22.5. The number of nitriles is 1. The number of aromatic nitrogens is 2. The second-order valence-electron chi connectivity index (χ2n) is 14.8. The van der Waals surface area contributed by atoms with E-state index in [0.29, 0.717) is 60.4 Å². The molecule has 52 heavy (non-hydrogen) atoms. The molecule has 0 radical (unpaired) electrons. The van der Waals surface area contributed by atoms with Gasteiger partial charge in [-0.25, -0.2) is 18.4 Å². The van der Waals surface area contributed by atoms with Crippen LogP contribution in [0.5, 0.6) is 0 Å². The first-order valence-corrected chi connectivity index (χ1v) is 20.8. The summed E-state index contributed by atoms with van der Waals surface area (Å²) in [5, 5.41) is 14.0. The van der Waals surface area contributed by atoms with E-state index >= 15 is 0 Å². The Morgan fingerprint density at radius 2 is 1.85 bits per heavy atom.